The fraction of sp³-hybridized carbons (Fsp3) is 0.471. The average Bonchev–Trinajstić information content (AvgIpc) is 2.29. The van der Waals surface area contributed by atoms with Crippen molar-refractivity contribution in [3.8, 4) is 0 Å². The summed E-state index contributed by atoms with van der Waals surface area (Å²) in [5.41, 5.74) is 3.02. The van der Waals surface area contributed by atoms with E-state index in [-0.39, 0.29) is 6.09 Å². The standard InChI is InChI=1S/C17H24ClNO2/c1-12-10-14(18)11-13(2)15(12)8-6-7-9-19-16(20)21-17(3,4)5/h6,8,10-11H,7,9H2,1-5H3,(H,19,20). The highest BCUT2D eigenvalue weighted by Gasteiger charge is 2.15. The molecule has 4 heteroatoms. The summed E-state index contributed by atoms with van der Waals surface area (Å²) in [7, 11) is 0. The van der Waals surface area contributed by atoms with E-state index >= 15 is 0 Å². The summed E-state index contributed by atoms with van der Waals surface area (Å²) in [6.07, 6.45) is 4.48. The van der Waals surface area contributed by atoms with Gasteiger partial charge in [0, 0.05) is 11.6 Å². The van der Waals surface area contributed by atoms with Crippen LogP contribution in [0.5, 0.6) is 0 Å². The van der Waals surface area contributed by atoms with E-state index in [9.17, 15) is 4.79 Å². The van der Waals surface area contributed by atoms with Crippen molar-refractivity contribution in [2.24, 2.45) is 0 Å². The summed E-state index contributed by atoms with van der Waals surface area (Å²) in [5, 5.41) is 3.49. The molecule has 0 atom stereocenters. The summed E-state index contributed by atoms with van der Waals surface area (Å²) in [6.45, 7) is 10.2. The summed E-state index contributed by atoms with van der Waals surface area (Å²) >= 11 is 6.01. The van der Waals surface area contributed by atoms with E-state index in [1.54, 1.807) is 0 Å². The van der Waals surface area contributed by atoms with Crippen molar-refractivity contribution in [3.63, 3.8) is 0 Å². The molecule has 0 aliphatic carbocycles. The minimum absolute atomic E-state index is 0.380. The van der Waals surface area contributed by atoms with Gasteiger partial charge in [-0.2, -0.15) is 0 Å². The molecule has 1 rings (SSSR count). The topological polar surface area (TPSA) is 38.3 Å². The Morgan fingerprint density at radius 1 is 1.29 bits per heavy atom. The van der Waals surface area contributed by atoms with Gasteiger partial charge in [0.2, 0.25) is 0 Å². The number of alkyl carbamates (subject to hydrolysis) is 1. The molecular formula is C17H24ClNO2. The summed E-state index contributed by atoms with van der Waals surface area (Å²) < 4.78 is 5.17. The second kappa shape index (κ2) is 7.51. The maximum atomic E-state index is 11.5. The lowest BCUT2D eigenvalue weighted by Crippen LogP contribution is -2.32. The Morgan fingerprint density at radius 3 is 2.38 bits per heavy atom. The molecule has 1 N–H and O–H groups in total. The predicted molar refractivity (Wildman–Crippen MR) is 88.8 cm³/mol. The Kier molecular flexibility index (Phi) is 6.28. The highest BCUT2D eigenvalue weighted by Crippen LogP contribution is 2.21. The first-order valence-electron chi connectivity index (χ1n) is 7.09. The second-order valence-electron chi connectivity index (χ2n) is 6.07. The van der Waals surface area contributed by atoms with Gasteiger partial charge in [-0.25, -0.2) is 4.79 Å². The average molecular weight is 310 g/mol. The van der Waals surface area contributed by atoms with Gasteiger partial charge in [-0.05, 0) is 69.9 Å². The van der Waals surface area contributed by atoms with Gasteiger partial charge in [0.05, 0.1) is 0 Å². The Bertz CT molecular complexity index is 507. The largest absolute Gasteiger partial charge is 0.444 e. The molecule has 0 aliphatic heterocycles. The Morgan fingerprint density at radius 2 is 1.86 bits per heavy atom. The van der Waals surface area contributed by atoms with Gasteiger partial charge in [0.1, 0.15) is 5.60 Å². The molecule has 3 nitrogen and oxygen atoms in total. The molecule has 0 aliphatic rings. The zero-order valence-electron chi connectivity index (χ0n) is 13.4. The molecule has 1 amide bonds. The van der Waals surface area contributed by atoms with Crippen LogP contribution in [0.15, 0.2) is 18.2 Å². The van der Waals surface area contributed by atoms with Crippen molar-refractivity contribution in [1.82, 2.24) is 5.32 Å². The van der Waals surface area contributed by atoms with Crippen molar-refractivity contribution in [1.29, 1.82) is 0 Å². The smallest absolute Gasteiger partial charge is 0.407 e. The van der Waals surface area contributed by atoms with Crippen LogP contribution in [0.4, 0.5) is 4.79 Å². The van der Waals surface area contributed by atoms with Gasteiger partial charge in [-0.1, -0.05) is 23.8 Å². The van der Waals surface area contributed by atoms with Crippen LogP contribution in [-0.2, 0) is 4.74 Å². The molecule has 0 unspecified atom stereocenters. The molecule has 1 aromatic carbocycles. The molecule has 0 aromatic heterocycles. The van der Waals surface area contributed by atoms with E-state index in [2.05, 4.69) is 11.4 Å². The normalized spacial score (nSPS) is 11.7. The van der Waals surface area contributed by atoms with Gasteiger partial charge >= 0.3 is 6.09 Å². The van der Waals surface area contributed by atoms with E-state index in [1.807, 2.05) is 52.8 Å². The molecule has 0 spiro atoms. The first kappa shape index (κ1) is 17.6. The Balaban J connectivity index is 2.45. The monoisotopic (exact) mass is 309 g/mol. The SMILES string of the molecule is Cc1cc(Cl)cc(C)c1C=CCCNC(=O)OC(C)(C)C. The number of hydrogen-bond donors (Lipinski definition) is 1. The van der Waals surface area contributed by atoms with Crippen molar-refractivity contribution in [2.75, 3.05) is 6.54 Å². The maximum absolute atomic E-state index is 11.5. The quantitative estimate of drug-likeness (QED) is 0.805. The molecule has 0 saturated carbocycles. The number of rotatable bonds is 4. The van der Waals surface area contributed by atoms with Crippen LogP contribution in [-0.4, -0.2) is 18.2 Å². The second-order valence-corrected chi connectivity index (χ2v) is 6.51. The molecule has 0 fully saturated rings. The lowest BCUT2D eigenvalue weighted by Gasteiger charge is -2.19. The summed E-state index contributed by atoms with van der Waals surface area (Å²) in [6, 6.07) is 3.90. The van der Waals surface area contributed by atoms with Gasteiger partial charge < -0.3 is 10.1 Å². The molecule has 1 aromatic rings. The van der Waals surface area contributed by atoms with Crippen molar-refractivity contribution in [2.45, 2.75) is 46.6 Å². The van der Waals surface area contributed by atoms with Crippen LogP contribution < -0.4 is 5.32 Å². The van der Waals surface area contributed by atoms with E-state index in [4.69, 9.17) is 16.3 Å². The molecular weight excluding hydrogens is 286 g/mol. The lowest BCUT2D eigenvalue weighted by molar-refractivity contribution is 0.0529. The highest BCUT2D eigenvalue weighted by molar-refractivity contribution is 6.30. The number of benzene rings is 1. The number of carbonyl (C=O) groups excluding carboxylic acids is 1. The third-order valence-corrected chi connectivity index (χ3v) is 3.04. The minimum Gasteiger partial charge on any atom is -0.444 e. The van der Waals surface area contributed by atoms with Crippen LogP contribution in [0.3, 0.4) is 0 Å². The molecule has 0 radical (unpaired) electrons. The summed E-state index contributed by atoms with van der Waals surface area (Å²) in [4.78, 5) is 11.5. The molecule has 0 saturated heterocycles. The van der Waals surface area contributed by atoms with Crippen LogP contribution in [0.1, 0.15) is 43.9 Å². The van der Waals surface area contributed by atoms with E-state index in [0.29, 0.717) is 6.54 Å². The van der Waals surface area contributed by atoms with Crippen LogP contribution in [0, 0.1) is 13.8 Å². The van der Waals surface area contributed by atoms with Gasteiger partial charge in [-0.15, -0.1) is 0 Å². The predicted octanol–water partition coefficient (Wildman–Crippen LogP) is 4.88. The fourth-order valence-corrected chi connectivity index (χ4v) is 2.28. The third-order valence-electron chi connectivity index (χ3n) is 2.82. The number of carbonyl (C=O) groups is 1. The lowest BCUT2D eigenvalue weighted by atomic mass is 10.0. The van der Waals surface area contributed by atoms with Crippen molar-refractivity contribution in [3.05, 3.63) is 39.9 Å². The van der Waals surface area contributed by atoms with E-state index < -0.39 is 5.60 Å². The first-order valence-corrected chi connectivity index (χ1v) is 7.47. The number of amides is 1. The van der Waals surface area contributed by atoms with E-state index in [0.717, 1.165) is 22.6 Å². The van der Waals surface area contributed by atoms with Gasteiger partial charge in [-0.3, -0.25) is 0 Å². The molecule has 116 valence electrons. The van der Waals surface area contributed by atoms with Gasteiger partial charge in [0.25, 0.3) is 0 Å². The first-order chi connectivity index (χ1) is 9.69. The van der Waals surface area contributed by atoms with Crippen LogP contribution in [0.2, 0.25) is 5.02 Å². The highest BCUT2D eigenvalue weighted by atomic mass is 35.5. The van der Waals surface area contributed by atoms with Crippen molar-refractivity contribution >= 4 is 23.8 Å². The van der Waals surface area contributed by atoms with E-state index in [1.165, 1.54) is 5.56 Å². The fourth-order valence-electron chi connectivity index (χ4n) is 1.96. The maximum Gasteiger partial charge on any atom is 0.407 e. The zero-order valence-corrected chi connectivity index (χ0v) is 14.2. The number of hydrogen-bond acceptors (Lipinski definition) is 2. The van der Waals surface area contributed by atoms with Crippen molar-refractivity contribution < 1.29 is 9.53 Å². The van der Waals surface area contributed by atoms with Crippen LogP contribution in [0.25, 0.3) is 6.08 Å². The molecule has 0 heterocycles. The zero-order chi connectivity index (χ0) is 16.0. The third kappa shape index (κ3) is 6.67. The molecule has 0 bridgehead atoms. The number of ether oxygens (including phenoxy) is 1. The summed E-state index contributed by atoms with van der Waals surface area (Å²) in [5.74, 6) is 0. The van der Waals surface area contributed by atoms with Gasteiger partial charge in [0.15, 0.2) is 0 Å². The molecule has 21 heavy (non-hydrogen) atoms. The number of halogens is 1. The minimum atomic E-state index is -0.461. The Labute approximate surface area is 132 Å². The Hall–Kier alpha value is -1.48. The number of aryl methyl sites for hydroxylation is 2. The number of nitrogens with one attached hydrogen (secondary N) is 1. The van der Waals surface area contributed by atoms with Crippen LogP contribution >= 0.6 is 11.6 Å².